The lowest BCUT2D eigenvalue weighted by molar-refractivity contribution is 0.106. The van der Waals surface area contributed by atoms with Gasteiger partial charge in [0.2, 0.25) is 0 Å². The van der Waals surface area contributed by atoms with Crippen LogP contribution in [0.2, 0.25) is 0 Å². The van der Waals surface area contributed by atoms with E-state index >= 15 is 0 Å². The highest BCUT2D eigenvalue weighted by Gasteiger charge is 2.46. The molecule has 0 unspecified atom stereocenters. The lowest BCUT2D eigenvalue weighted by Gasteiger charge is -2.32. The molecule has 0 aromatic heterocycles. The SMILES string of the molecule is C=CC[C@H](C)C1N(C)[C@@H](c2ccccc2)[C@H](c2ccccc2)N1C. The van der Waals surface area contributed by atoms with Crippen molar-refractivity contribution in [3.05, 3.63) is 84.4 Å². The van der Waals surface area contributed by atoms with Gasteiger partial charge in [-0.05, 0) is 37.6 Å². The fourth-order valence-corrected chi connectivity index (χ4v) is 4.38. The summed E-state index contributed by atoms with van der Waals surface area (Å²) in [6, 6.07) is 22.5. The maximum atomic E-state index is 3.94. The molecule has 0 amide bonds. The molecule has 1 heterocycles. The number of nitrogens with zero attached hydrogens (tertiary/aromatic N) is 2. The van der Waals surface area contributed by atoms with E-state index in [-0.39, 0.29) is 0 Å². The van der Waals surface area contributed by atoms with Gasteiger partial charge in [-0.2, -0.15) is 0 Å². The number of benzene rings is 2. The van der Waals surface area contributed by atoms with Crippen LogP contribution in [0.5, 0.6) is 0 Å². The molecule has 2 aromatic carbocycles. The summed E-state index contributed by atoms with van der Waals surface area (Å²) in [6.45, 7) is 6.27. The van der Waals surface area contributed by atoms with E-state index < -0.39 is 0 Å². The van der Waals surface area contributed by atoms with Crippen LogP contribution in [0.3, 0.4) is 0 Å². The van der Waals surface area contributed by atoms with Crippen LogP contribution in [0, 0.1) is 5.92 Å². The van der Waals surface area contributed by atoms with Gasteiger partial charge in [-0.25, -0.2) is 0 Å². The van der Waals surface area contributed by atoms with Crippen molar-refractivity contribution in [3.8, 4) is 0 Å². The average Bonchev–Trinajstić information content (AvgIpc) is 2.87. The van der Waals surface area contributed by atoms with Crippen molar-refractivity contribution in [3.63, 3.8) is 0 Å². The maximum absolute atomic E-state index is 3.94. The zero-order valence-corrected chi connectivity index (χ0v) is 15.0. The molecule has 126 valence electrons. The molecular formula is C22H28N2. The topological polar surface area (TPSA) is 6.48 Å². The maximum Gasteiger partial charge on any atom is 0.0658 e. The van der Waals surface area contributed by atoms with Gasteiger partial charge < -0.3 is 0 Å². The van der Waals surface area contributed by atoms with E-state index in [1.807, 2.05) is 6.08 Å². The molecule has 3 rings (SSSR count). The van der Waals surface area contributed by atoms with Crippen molar-refractivity contribution in [2.75, 3.05) is 14.1 Å². The summed E-state index contributed by atoms with van der Waals surface area (Å²) < 4.78 is 0. The third kappa shape index (κ3) is 3.04. The zero-order chi connectivity index (χ0) is 17.1. The summed E-state index contributed by atoms with van der Waals surface area (Å²) in [4.78, 5) is 5.09. The molecule has 0 aliphatic carbocycles. The van der Waals surface area contributed by atoms with E-state index in [1.165, 1.54) is 11.1 Å². The van der Waals surface area contributed by atoms with E-state index in [0.29, 0.717) is 24.2 Å². The molecule has 0 saturated carbocycles. The van der Waals surface area contributed by atoms with Crippen molar-refractivity contribution in [2.45, 2.75) is 31.6 Å². The van der Waals surface area contributed by atoms with Gasteiger partial charge in [-0.3, -0.25) is 9.80 Å². The molecule has 1 fully saturated rings. The first-order valence-electron chi connectivity index (χ1n) is 8.79. The van der Waals surface area contributed by atoms with Crippen molar-refractivity contribution < 1.29 is 0 Å². The van der Waals surface area contributed by atoms with Crippen LogP contribution < -0.4 is 0 Å². The Hall–Kier alpha value is -1.90. The van der Waals surface area contributed by atoms with Crippen molar-refractivity contribution in [1.29, 1.82) is 0 Å². The molecule has 0 N–H and O–H groups in total. The van der Waals surface area contributed by atoms with Crippen LogP contribution in [0.4, 0.5) is 0 Å². The summed E-state index contributed by atoms with van der Waals surface area (Å²) in [5.41, 5.74) is 2.77. The Balaban J connectivity index is 2.04. The van der Waals surface area contributed by atoms with Gasteiger partial charge in [0, 0.05) is 0 Å². The highest BCUT2D eigenvalue weighted by atomic mass is 15.4. The Bertz CT molecular complexity index is 601. The van der Waals surface area contributed by atoms with Crippen molar-refractivity contribution in [1.82, 2.24) is 9.80 Å². The van der Waals surface area contributed by atoms with Gasteiger partial charge in [-0.1, -0.05) is 73.7 Å². The summed E-state index contributed by atoms with van der Waals surface area (Å²) in [6.07, 6.45) is 3.47. The Labute approximate surface area is 146 Å². The Kier molecular flexibility index (Phi) is 5.17. The third-order valence-corrected chi connectivity index (χ3v) is 5.34. The quantitative estimate of drug-likeness (QED) is 0.724. The predicted octanol–water partition coefficient (Wildman–Crippen LogP) is 4.88. The Morgan fingerprint density at radius 1 is 0.875 bits per heavy atom. The standard InChI is InChI=1S/C22H28N2/c1-5-12-17(2)22-23(3)20(18-13-8-6-9-14-18)21(24(22)4)19-15-10-7-11-16-19/h5-11,13-17,20-22H,1,12H2,2-4H3/t17-,20-,21-/m0/s1. The van der Waals surface area contributed by atoms with E-state index in [0.717, 1.165) is 6.42 Å². The number of hydrogen-bond donors (Lipinski definition) is 0. The molecule has 0 radical (unpaired) electrons. The number of likely N-dealkylation sites (N-methyl/N-ethyl adjacent to an activating group) is 2. The lowest BCUT2D eigenvalue weighted by atomic mass is 9.93. The Morgan fingerprint density at radius 3 is 1.67 bits per heavy atom. The van der Waals surface area contributed by atoms with E-state index in [9.17, 15) is 0 Å². The van der Waals surface area contributed by atoms with Gasteiger partial charge in [0.25, 0.3) is 0 Å². The van der Waals surface area contributed by atoms with Gasteiger partial charge in [0.1, 0.15) is 0 Å². The first kappa shape index (κ1) is 16.9. The van der Waals surface area contributed by atoms with Crippen LogP contribution in [0.25, 0.3) is 0 Å². The van der Waals surface area contributed by atoms with Gasteiger partial charge in [0.05, 0.1) is 18.2 Å². The number of rotatable bonds is 5. The van der Waals surface area contributed by atoms with E-state index in [1.54, 1.807) is 0 Å². The van der Waals surface area contributed by atoms with Crippen LogP contribution in [-0.4, -0.2) is 30.1 Å². The second-order valence-electron chi connectivity index (χ2n) is 6.96. The van der Waals surface area contributed by atoms with Crippen LogP contribution in [0.15, 0.2) is 73.3 Å². The monoisotopic (exact) mass is 320 g/mol. The molecule has 0 bridgehead atoms. The summed E-state index contributed by atoms with van der Waals surface area (Å²) in [5.74, 6) is 0.539. The smallest absolute Gasteiger partial charge is 0.0658 e. The average molecular weight is 320 g/mol. The number of allylic oxidation sites excluding steroid dienone is 1. The molecule has 2 nitrogen and oxygen atoms in total. The molecule has 1 aliphatic heterocycles. The minimum Gasteiger partial charge on any atom is -0.282 e. The highest BCUT2D eigenvalue weighted by molar-refractivity contribution is 5.30. The molecule has 24 heavy (non-hydrogen) atoms. The normalized spacial score (nSPS) is 24.1. The molecule has 0 spiro atoms. The largest absolute Gasteiger partial charge is 0.282 e. The minimum atomic E-state index is 0.357. The van der Waals surface area contributed by atoms with Crippen LogP contribution >= 0.6 is 0 Å². The molecule has 1 saturated heterocycles. The highest BCUT2D eigenvalue weighted by Crippen LogP contribution is 2.47. The Morgan fingerprint density at radius 2 is 1.29 bits per heavy atom. The molecule has 2 aromatic rings. The molecule has 3 atom stereocenters. The second kappa shape index (κ2) is 7.33. The molecule has 2 heteroatoms. The van der Waals surface area contributed by atoms with Crippen LogP contribution in [-0.2, 0) is 0 Å². The van der Waals surface area contributed by atoms with Gasteiger partial charge in [-0.15, -0.1) is 6.58 Å². The van der Waals surface area contributed by atoms with Crippen molar-refractivity contribution >= 4 is 0 Å². The second-order valence-corrected chi connectivity index (χ2v) is 6.96. The third-order valence-electron chi connectivity index (χ3n) is 5.34. The van der Waals surface area contributed by atoms with Gasteiger partial charge >= 0.3 is 0 Å². The molecular weight excluding hydrogens is 292 g/mol. The van der Waals surface area contributed by atoms with E-state index in [4.69, 9.17) is 0 Å². The molecule has 1 aliphatic rings. The van der Waals surface area contributed by atoms with E-state index in [2.05, 4.69) is 98.1 Å². The van der Waals surface area contributed by atoms with Crippen LogP contribution in [0.1, 0.15) is 36.6 Å². The fourth-order valence-electron chi connectivity index (χ4n) is 4.38. The lowest BCUT2D eigenvalue weighted by Crippen LogP contribution is -2.40. The zero-order valence-electron chi connectivity index (χ0n) is 15.0. The first-order chi connectivity index (χ1) is 11.6. The first-order valence-corrected chi connectivity index (χ1v) is 8.79. The van der Waals surface area contributed by atoms with Crippen molar-refractivity contribution in [2.24, 2.45) is 5.92 Å². The fraction of sp³-hybridized carbons (Fsp3) is 0.364. The summed E-state index contributed by atoms with van der Waals surface area (Å²) in [7, 11) is 4.53. The summed E-state index contributed by atoms with van der Waals surface area (Å²) >= 11 is 0. The number of hydrogen-bond acceptors (Lipinski definition) is 2. The predicted molar refractivity (Wildman–Crippen MR) is 102 cm³/mol. The van der Waals surface area contributed by atoms with Gasteiger partial charge in [0.15, 0.2) is 0 Å². The minimum absolute atomic E-state index is 0.357. The summed E-state index contributed by atoms with van der Waals surface area (Å²) in [5, 5.41) is 0.